The van der Waals surface area contributed by atoms with Gasteiger partial charge >= 0.3 is 0 Å². The lowest BCUT2D eigenvalue weighted by Crippen LogP contribution is -2.14. The van der Waals surface area contributed by atoms with Gasteiger partial charge in [-0.1, -0.05) is 23.7 Å². The van der Waals surface area contributed by atoms with Crippen LogP contribution in [0.5, 0.6) is 11.5 Å². The largest absolute Gasteiger partial charge is 0.490 e. The number of halogens is 1. The molecule has 0 atom stereocenters. The van der Waals surface area contributed by atoms with Gasteiger partial charge in [0, 0.05) is 22.8 Å². The highest BCUT2D eigenvalue weighted by Gasteiger charge is 2.13. The van der Waals surface area contributed by atoms with E-state index in [0.29, 0.717) is 39.9 Å². The fourth-order valence-electron chi connectivity index (χ4n) is 3.12. The number of hydrogen-bond donors (Lipinski definition) is 1. The van der Waals surface area contributed by atoms with E-state index in [1.807, 2.05) is 13.0 Å². The maximum atomic E-state index is 12.7. The van der Waals surface area contributed by atoms with Crippen molar-refractivity contribution < 1.29 is 19.2 Å². The normalized spacial score (nSPS) is 10.9. The van der Waals surface area contributed by atoms with E-state index in [2.05, 4.69) is 5.32 Å². The van der Waals surface area contributed by atoms with Crippen LogP contribution in [0.4, 0.5) is 11.4 Å². The van der Waals surface area contributed by atoms with Crippen molar-refractivity contribution in [2.24, 2.45) is 0 Å². The third-order valence-electron chi connectivity index (χ3n) is 5.00. The molecule has 0 radical (unpaired) electrons. The van der Waals surface area contributed by atoms with Crippen LogP contribution in [0.1, 0.15) is 23.6 Å². The van der Waals surface area contributed by atoms with E-state index in [1.165, 1.54) is 18.2 Å². The number of ether oxygens (including phenoxy) is 2. The van der Waals surface area contributed by atoms with Crippen LogP contribution in [0.3, 0.4) is 0 Å². The van der Waals surface area contributed by atoms with Crippen molar-refractivity contribution in [2.45, 2.75) is 20.5 Å². The van der Waals surface area contributed by atoms with Gasteiger partial charge in [0.2, 0.25) is 0 Å². The number of nitro groups is 1. The highest BCUT2D eigenvalue weighted by atomic mass is 35.5. The minimum atomic E-state index is -0.561. The minimum Gasteiger partial charge on any atom is -0.490 e. The molecule has 0 fully saturated rings. The zero-order chi connectivity index (χ0) is 25.4. The predicted molar refractivity (Wildman–Crippen MR) is 133 cm³/mol. The summed E-state index contributed by atoms with van der Waals surface area (Å²) in [5, 5.41) is 23.6. The number of nitrogens with zero attached hydrogens (tertiary/aromatic N) is 2. The minimum absolute atomic E-state index is 0.00255. The zero-order valence-electron chi connectivity index (χ0n) is 19.1. The lowest BCUT2D eigenvalue weighted by molar-refractivity contribution is -0.384. The lowest BCUT2D eigenvalue weighted by Gasteiger charge is -2.13. The highest BCUT2D eigenvalue weighted by molar-refractivity contribution is 6.31. The van der Waals surface area contributed by atoms with Crippen molar-refractivity contribution in [2.75, 3.05) is 11.9 Å². The fraction of sp³-hybridized carbons (Fsp3) is 0.154. The molecule has 0 aromatic heterocycles. The number of rotatable bonds is 9. The summed E-state index contributed by atoms with van der Waals surface area (Å²) in [5.74, 6) is 0.334. The molecule has 9 heteroatoms. The third kappa shape index (κ3) is 6.59. The second kappa shape index (κ2) is 11.7. The lowest BCUT2D eigenvalue weighted by atomic mass is 10.1. The number of hydrogen-bond acceptors (Lipinski definition) is 6. The topological polar surface area (TPSA) is 114 Å². The first-order valence-electron chi connectivity index (χ1n) is 10.6. The van der Waals surface area contributed by atoms with Crippen LogP contribution < -0.4 is 14.8 Å². The van der Waals surface area contributed by atoms with Crippen molar-refractivity contribution in [1.82, 2.24) is 0 Å². The Hall–Kier alpha value is -4.35. The van der Waals surface area contributed by atoms with Crippen molar-refractivity contribution >= 4 is 35.0 Å². The summed E-state index contributed by atoms with van der Waals surface area (Å²) in [6, 6.07) is 18.2. The standard InChI is InChI=1S/C26H22ClN3O5/c1-3-34-25-14-19(9-12-24(25)35-16-18-7-10-21(11-8-18)30(32)33)13-20(15-28)26(31)29-23-6-4-5-22(27)17(23)2/h4-14H,3,16H2,1-2H3,(H,29,31)/b20-13+. The van der Waals surface area contributed by atoms with Crippen molar-refractivity contribution in [3.05, 3.63) is 98.1 Å². The number of benzene rings is 3. The van der Waals surface area contributed by atoms with E-state index < -0.39 is 10.8 Å². The van der Waals surface area contributed by atoms with Gasteiger partial charge in [-0.15, -0.1) is 0 Å². The van der Waals surface area contributed by atoms with Gasteiger partial charge in [-0.3, -0.25) is 14.9 Å². The molecule has 0 heterocycles. The summed E-state index contributed by atoms with van der Waals surface area (Å²) >= 11 is 6.10. The molecule has 0 saturated heterocycles. The van der Waals surface area contributed by atoms with Crippen LogP contribution in [-0.4, -0.2) is 17.4 Å². The molecule has 0 aliphatic rings. The predicted octanol–water partition coefficient (Wildman–Crippen LogP) is 6.08. The van der Waals surface area contributed by atoms with Crippen molar-refractivity contribution in [3.8, 4) is 17.6 Å². The molecule has 0 bridgehead atoms. The molecular formula is C26H22ClN3O5. The summed E-state index contributed by atoms with van der Waals surface area (Å²) in [6.45, 7) is 4.15. The molecule has 35 heavy (non-hydrogen) atoms. The number of amides is 1. The molecule has 0 aliphatic heterocycles. The third-order valence-corrected chi connectivity index (χ3v) is 5.41. The van der Waals surface area contributed by atoms with E-state index in [-0.39, 0.29) is 17.9 Å². The van der Waals surface area contributed by atoms with Crippen LogP contribution in [0.25, 0.3) is 6.08 Å². The summed E-state index contributed by atoms with van der Waals surface area (Å²) in [5.41, 5.74) is 2.46. The smallest absolute Gasteiger partial charge is 0.269 e. The first-order chi connectivity index (χ1) is 16.8. The summed E-state index contributed by atoms with van der Waals surface area (Å²) < 4.78 is 11.5. The summed E-state index contributed by atoms with van der Waals surface area (Å²) in [7, 11) is 0. The molecule has 8 nitrogen and oxygen atoms in total. The maximum absolute atomic E-state index is 12.7. The second-order valence-electron chi connectivity index (χ2n) is 7.39. The first kappa shape index (κ1) is 25.3. The Kier molecular flexibility index (Phi) is 8.43. The van der Waals surface area contributed by atoms with Gasteiger partial charge in [0.15, 0.2) is 11.5 Å². The summed E-state index contributed by atoms with van der Waals surface area (Å²) in [4.78, 5) is 23.0. The Labute approximate surface area is 207 Å². The number of nitrogens with one attached hydrogen (secondary N) is 1. The van der Waals surface area contributed by atoms with Crippen LogP contribution in [-0.2, 0) is 11.4 Å². The van der Waals surface area contributed by atoms with Gasteiger partial charge < -0.3 is 14.8 Å². The van der Waals surface area contributed by atoms with Crippen LogP contribution in [0.2, 0.25) is 5.02 Å². The van der Waals surface area contributed by atoms with Gasteiger partial charge in [0.25, 0.3) is 11.6 Å². The van der Waals surface area contributed by atoms with Crippen LogP contribution in [0.15, 0.2) is 66.2 Å². The number of non-ortho nitro benzene ring substituents is 1. The average molecular weight is 492 g/mol. The van der Waals surface area contributed by atoms with Crippen LogP contribution in [0, 0.1) is 28.4 Å². The zero-order valence-corrected chi connectivity index (χ0v) is 19.8. The number of nitriles is 1. The van der Waals surface area contributed by atoms with Crippen molar-refractivity contribution in [1.29, 1.82) is 5.26 Å². The van der Waals surface area contributed by atoms with Gasteiger partial charge in [-0.25, -0.2) is 0 Å². The Morgan fingerprint density at radius 1 is 1.14 bits per heavy atom. The number of nitro benzene ring substituents is 1. The Bertz CT molecular complexity index is 1310. The number of carbonyl (C=O) groups is 1. The van der Waals surface area contributed by atoms with Gasteiger partial charge in [0.1, 0.15) is 18.2 Å². The monoisotopic (exact) mass is 491 g/mol. The first-order valence-corrected chi connectivity index (χ1v) is 11.0. The molecule has 178 valence electrons. The molecule has 0 spiro atoms. The Morgan fingerprint density at radius 2 is 1.89 bits per heavy atom. The van der Waals surface area contributed by atoms with E-state index in [0.717, 1.165) is 5.56 Å². The van der Waals surface area contributed by atoms with Crippen molar-refractivity contribution in [3.63, 3.8) is 0 Å². The second-order valence-corrected chi connectivity index (χ2v) is 7.79. The maximum Gasteiger partial charge on any atom is 0.269 e. The molecule has 3 aromatic rings. The number of anilines is 1. The van der Waals surface area contributed by atoms with Crippen LogP contribution >= 0.6 is 11.6 Å². The molecule has 0 aliphatic carbocycles. The highest BCUT2D eigenvalue weighted by Crippen LogP contribution is 2.30. The molecule has 0 saturated carbocycles. The van der Waals surface area contributed by atoms with E-state index in [4.69, 9.17) is 21.1 Å². The van der Waals surface area contributed by atoms with E-state index >= 15 is 0 Å². The molecule has 3 rings (SSSR count). The molecule has 1 amide bonds. The SMILES string of the molecule is CCOc1cc(/C=C(\C#N)C(=O)Nc2cccc(Cl)c2C)ccc1OCc1ccc([N+](=O)[O-])cc1. The summed E-state index contributed by atoms with van der Waals surface area (Å²) in [6.07, 6.45) is 1.46. The molecular weight excluding hydrogens is 470 g/mol. The number of carbonyl (C=O) groups excluding carboxylic acids is 1. The van der Waals surface area contributed by atoms with Gasteiger partial charge in [-0.2, -0.15) is 5.26 Å². The average Bonchev–Trinajstić information content (AvgIpc) is 2.85. The van der Waals surface area contributed by atoms with E-state index in [9.17, 15) is 20.2 Å². The Balaban J connectivity index is 1.78. The Morgan fingerprint density at radius 3 is 2.54 bits per heavy atom. The quantitative estimate of drug-likeness (QED) is 0.168. The molecule has 3 aromatic carbocycles. The molecule has 0 unspecified atom stereocenters. The fourth-order valence-corrected chi connectivity index (χ4v) is 3.30. The van der Waals surface area contributed by atoms with E-state index in [1.54, 1.807) is 55.5 Å². The molecule has 1 N–H and O–H groups in total. The van der Waals surface area contributed by atoms with Gasteiger partial charge in [-0.05, 0) is 73.0 Å². The van der Waals surface area contributed by atoms with Gasteiger partial charge in [0.05, 0.1) is 11.5 Å².